The second-order valence-electron chi connectivity index (χ2n) is 7.73. The molecule has 32 heavy (non-hydrogen) atoms. The Kier molecular flexibility index (Phi) is 5.81. The van der Waals surface area contributed by atoms with Gasteiger partial charge in [0, 0.05) is 17.2 Å². The van der Waals surface area contributed by atoms with E-state index in [1.54, 1.807) is 43.6 Å². The quantitative estimate of drug-likeness (QED) is 0.340. The summed E-state index contributed by atoms with van der Waals surface area (Å²) in [6.45, 7) is 1.89. The molecule has 1 amide bonds. The van der Waals surface area contributed by atoms with Crippen molar-refractivity contribution in [1.82, 2.24) is 4.90 Å². The molecule has 1 N–H and O–H groups in total. The van der Waals surface area contributed by atoms with Gasteiger partial charge < -0.3 is 9.64 Å². The number of carbonyl (C=O) groups excluding carboxylic acids is 3. The van der Waals surface area contributed by atoms with Crippen LogP contribution in [0.5, 0.6) is 5.75 Å². The molecule has 0 spiro atoms. The van der Waals surface area contributed by atoms with Gasteiger partial charge in [0.2, 0.25) is 5.78 Å². The number of nitrogens with one attached hydrogen (secondary N) is 1. The van der Waals surface area contributed by atoms with Crippen LogP contribution < -0.4 is 9.72 Å². The molecule has 2 atom stereocenters. The van der Waals surface area contributed by atoms with Crippen molar-refractivity contribution in [2.45, 2.75) is 19.5 Å². The minimum absolute atomic E-state index is 0.134. The molecular weight excluding hydrogens is 411 g/mol. The van der Waals surface area contributed by atoms with E-state index >= 15 is 0 Å². The third kappa shape index (κ3) is 3.89. The number of amides is 1. The fourth-order valence-corrected chi connectivity index (χ4v) is 4.12. The molecule has 2 unspecified atom stereocenters. The summed E-state index contributed by atoms with van der Waals surface area (Å²) in [7, 11) is 1.53. The lowest BCUT2D eigenvalue weighted by Gasteiger charge is -2.27. The Labute approximate surface area is 184 Å². The summed E-state index contributed by atoms with van der Waals surface area (Å²) in [6.07, 6.45) is 3.46. The molecule has 162 valence electrons. The number of hydrogen-bond acceptors (Lipinski definition) is 4. The van der Waals surface area contributed by atoms with Gasteiger partial charge in [-0.15, -0.1) is 0 Å². The number of rotatable bonds is 6. The lowest BCUT2D eigenvalue weighted by atomic mass is 9.85. The first-order valence-electron chi connectivity index (χ1n) is 10.1. The molecule has 1 aromatic heterocycles. The maximum atomic E-state index is 13.6. The van der Waals surface area contributed by atoms with E-state index in [9.17, 15) is 18.8 Å². The molecule has 0 radical (unpaired) electrons. The minimum Gasteiger partial charge on any atom is -0.497 e. The molecule has 1 aliphatic heterocycles. The van der Waals surface area contributed by atoms with Gasteiger partial charge in [-0.3, -0.25) is 14.4 Å². The second kappa shape index (κ2) is 8.70. The number of hydrogen-bond donors (Lipinski definition) is 0. The van der Waals surface area contributed by atoms with E-state index in [2.05, 4.69) is 4.98 Å². The number of nitrogens with zero attached hydrogens (tertiary/aromatic N) is 1. The topological polar surface area (TPSA) is 77.8 Å². The Hall–Kier alpha value is -3.87. The maximum Gasteiger partial charge on any atom is 0.291 e. The molecule has 1 aliphatic rings. The Balaban J connectivity index is 1.78. The van der Waals surface area contributed by atoms with Crippen LogP contribution in [-0.2, 0) is 16.1 Å². The lowest BCUT2D eigenvalue weighted by molar-refractivity contribution is -0.378. The highest BCUT2D eigenvalue weighted by Crippen LogP contribution is 2.39. The van der Waals surface area contributed by atoms with Gasteiger partial charge in [-0.2, -0.15) is 0 Å². The number of likely N-dealkylation sites (tertiary alicyclic amines) is 1. The van der Waals surface area contributed by atoms with E-state index in [1.807, 2.05) is 6.07 Å². The van der Waals surface area contributed by atoms with Crippen molar-refractivity contribution in [3.05, 3.63) is 95.1 Å². The van der Waals surface area contributed by atoms with E-state index in [1.165, 1.54) is 36.3 Å². The highest BCUT2D eigenvalue weighted by molar-refractivity contribution is 6.44. The fourth-order valence-electron chi connectivity index (χ4n) is 4.12. The summed E-state index contributed by atoms with van der Waals surface area (Å²) in [5, 5.41) is 0. The molecular formula is C25H22FN2O4+. The van der Waals surface area contributed by atoms with Crippen LogP contribution in [0.1, 0.15) is 33.1 Å². The summed E-state index contributed by atoms with van der Waals surface area (Å²) in [5.74, 6) is -3.02. The zero-order chi connectivity index (χ0) is 22.8. The number of methoxy groups -OCH3 is 1. The van der Waals surface area contributed by atoms with Gasteiger partial charge in [-0.25, -0.2) is 9.37 Å². The van der Waals surface area contributed by atoms with Crippen LogP contribution in [0.4, 0.5) is 4.39 Å². The number of aromatic nitrogens is 1. The number of ether oxygens (including phenoxy) is 1. The Morgan fingerprint density at radius 2 is 1.88 bits per heavy atom. The van der Waals surface area contributed by atoms with Gasteiger partial charge in [-0.1, -0.05) is 12.1 Å². The molecule has 1 saturated heterocycles. The predicted molar refractivity (Wildman–Crippen MR) is 113 cm³/mol. The van der Waals surface area contributed by atoms with Crippen molar-refractivity contribution in [3.8, 4) is 5.75 Å². The number of benzene rings is 2. The van der Waals surface area contributed by atoms with Crippen LogP contribution in [0, 0.1) is 18.7 Å². The molecule has 3 aromatic rings. The number of H-pyrrole nitrogens is 1. The van der Waals surface area contributed by atoms with Crippen LogP contribution in [0.15, 0.2) is 67.0 Å². The molecule has 2 aromatic carbocycles. The molecule has 0 bridgehead atoms. The van der Waals surface area contributed by atoms with Crippen molar-refractivity contribution in [2.75, 3.05) is 7.11 Å². The summed E-state index contributed by atoms with van der Waals surface area (Å²) >= 11 is 0. The average molecular weight is 433 g/mol. The summed E-state index contributed by atoms with van der Waals surface area (Å²) in [6, 6.07) is 13.3. The smallest absolute Gasteiger partial charge is 0.291 e. The molecule has 7 heteroatoms. The van der Waals surface area contributed by atoms with E-state index in [4.69, 9.17) is 4.74 Å². The number of aryl methyl sites for hydroxylation is 1. The molecule has 4 rings (SSSR count). The van der Waals surface area contributed by atoms with Gasteiger partial charge in [0.25, 0.3) is 5.91 Å². The number of halogens is 1. The maximum absolute atomic E-state index is 13.6. The van der Waals surface area contributed by atoms with Gasteiger partial charge in [0.1, 0.15) is 17.5 Å². The Morgan fingerprint density at radius 1 is 1.12 bits per heavy atom. The molecule has 6 nitrogen and oxygen atoms in total. The first-order chi connectivity index (χ1) is 15.4. The molecule has 1 fully saturated rings. The normalized spacial score (nSPS) is 18.2. The Bertz CT molecular complexity index is 1180. The van der Waals surface area contributed by atoms with Gasteiger partial charge in [0.15, 0.2) is 18.2 Å². The number of Topliss-reactive ketones (excluding diaryl/α,β-unsaturated/α-hetero) is 2. The zero-order valence-corrected chi connectivity index (χ0v) is 17.7. The molecule has 0 saturated carbocycles. The average Bonchev–Trinajstić information content (AvgIpc) is 3.04. The third-order valence-corrected chi connectivity index (χ3v) is 5.72. The fraction of sp³-hybridized carbons (Fsp3) is 0.200. The SMILES string of the molecule is COc1ccc(C(=O)C2C(=O)C(=O)N(Cc3ccc[nH+]c3)C2c2ccc(F)cc2)c(C)c1. The largest absolute Gasteiger partial charge is 0.497 e. The minimum atomic E-state index is -1.23. The number of pyridine rings is 1. The third-order valence-electron chi connectivity index (χ3n) is 5.72. The van der Waals surface area contributed by atoms with Crippen molar-refractivity contribution in [2.24, 2.45) is 5.92 Å². The number of carbonyl (C=O) groups is 3. The summed E-state index contributed by atoms with van der Waals surface area (Å²) < 4.78 is 18.8. The Morgan fingerprint density at radius 3 is 2.50 bits per heavy atom. The van der Waals surface area contributed by atoms with E-state index in [-0.39, 0.29) is 6.54 Å². The number of ketones is 2. The monoisotopic (exact) mass is 433 g/mol. The summed E-state index contributed by atoms with van der Waals surface area (Å²) in [4.78, 5) is 44.0. The van der Waals surface area contributed by atoms with Gasteiger partial charge in [-0.05, 0) is 54.4 Å². The predicted octanol–water partition coefficient (Wildman–Crippen LogP) is 3.11. The van der Waals surface area contributed by atoms with E-state index in [0.29, 0.717) is 22.4 Å². The summed E-state index contributed by atoms with van der Waals surface area (Å²) in [5.41, 5.74) is 2.28. The van der Waals surface area contributed by atoms with E-state index in [0.717, 1.165) is 5.56 Å². The highest BCUT2D eigenvalue weighted by atomic mass is 19.1. The number of aromatic amines is 1. The van der Waals surface area contributed by atoms with Crippen LogP contribution in [0.3, 0.4) is 0 Å². The first kappa shape index (κ1) is 21.4. The van der Waals surface area contributed by atoms with Gasteiger partial charge in [0.05, 0.1) is 19.7 Å². The van der Waals surface area contributed by atoms with Crippen molar-refractivity contribution < 1.29 is 28.5 Å². The first-order valence-corrected chi connectivity index (χ1v) is 10.1. The highest BCUT2D eigenvalue weighted by Gasteiger charge is 2.51. The van der Waals surface area contributed by atoms with Crippen LogP contribution in [-0.4, -0.2) is 29.5 Å². The van der Waals surface area contributed by atoms with Crippen molar-refractivity contribution >= 4 is 17.5 Å². The standard InChI is InChI=1S/C25H21FN2O4/c1-15-12-19(32-2)9-10-20(15)23(29)21-22(17-5-7-18(26)8-6-17)28(25(31)24(21)30)14-16-4-3-11-27-13-16/h3-13,21-22H,14H2,1-2H3/p+1. The van der Waals surface area contributed by atoms with Crippen LogP contribution in [0.2, 0.25) is 0 Å². The second-order valence-corrected chi connectivity index (χ2v) is 7.73. The van der Waals surface area contributed by atoms with E-state index < -0.39 is 35.3 Å². The molecule has 2 heterocycles. The van der Waals surface area contributed by atoms with Crippen LogP contribution >= 0.6 is 0 Å². The lowest BCUT2D eigenvalue weighted by Crippen LogP contribution is -2.30. The van der Waals surface area contributed by atoms with Crippen molar-refractivity contribution in [1.29, 1.82) is 0 Å². The van der Waals surface area contributed by atoms with Gasteiger partial charge >= 0.3 is 0 Å². The van der Waals surface area contributed by atoms with Crippen molar-refractivity contribution in [3.63, 3.8) is 0 Å². The molecule has 0 aliphatic carbocycles. The van der Waals surface area contributed by atoms with Crippen LogP contribution in [0.25, 0.3) is 0 Å². The zero-order valence-electron chi connectivity index (χ0n) is 17.7.